The summed E-state index contributed by atoms with van der Waals surface area (Å²) >= 11 is 0. The molecule has 1 N–H and O–H groups in total. The largest absolute Gasteiger partial charge is 0.381 e. The number of hydrogen-bond donors (Lipinski definition) is 1. The second kappa shape index (κ2) is 4.65. The van der Waals surface area contributed by atoms with Gasteiger partial charge in [-0.2, -0.15) is 0 Å². The summed E-state index contributed by atoms with van der Waals surface area (Å²) in [7, 11) is 0. The van der Waals surface area contributed by atoms with Crippen molar-refractivity contribution in [1.82, 2.24) is 4.98 Å². The molecule has 1 saturated carbocycles. The molecule has 0 amide bonds. The van der Waals surface area contributed by atoms with Gasteiger partial charge in [-0.1, -0.05) is 13.8 Å². The number of anilines is 1. The van der Waals surface area contributed by atoms with Crippen molar-refractivity contribution in [3.05, 3.63) is 24.5 Å². The van der Waals surface area contributed by atoms with Gasteiger partial charge in [-0.25, -0.2) is 0 Å². The lowest BCUT2D eigenvalue weighted by Gasteiger charge is -2.33. The van der Waals surface area contributed by atoms with Gasteiger partial charge in [-0.15, -0.1) is 0 Å². The highest BCUT2D eigenvalue weighted by Gasteiger charge is 2.24. The molecule has 0 bridgehead atoms. The van der Waals surface area contributed by atoms with Crippen LogP contribution in [-0.2, 0) is 0 Å². The first-order chi connectivity index (χ1) is 7.25. The van der Waals surface area contributed by atoms with Crippen LogP contribution in [0.25, 0.3) is 0 Å². The van der Waals surface area contributed by atoms with Crippen molar-refractivity contribution in [3.8, 4) is 0 Å². The fourth-order valence-corrected chi connectivity index (χ4v) is 2.54. The van der Waals surface area contributed by atoms with Crippen molar-refractivity contribution in [2.24, 2.45) is 11.8 Å². The van der Waals surface area contributed by atoms with Gasteiger partial charge in [0.25, 0.3) is 0 Å². The molecule has 1 aromatic heterocycles. The van der Waals surface area contributed by atoms with E-state index in [0.717, 1.165) is 17.5 Å². The fraction of sp³-hybridized carbons (Fsp3) is 0.615. The van der Waals surface area contributed by atoms with E-state index in [1.54, 1.807) is 0 Å². The van der Waals surface area contributed by atoms with Crippen LogP contribution >= 0.6 is 0 Å². The zero-order valence-electron chi connectivity index (χ0n) is 9.61. The third-order valence-electron chi connectivity index (χ3n) is 3.45. The zero-order valence-corrected chi connectivity index (χ0v) is 9.61. The Labute approximate surface area is 92.1 Å². The summed E-state index contributed by atoms with van der Waals surface area (Å²) < 4.78 is 0. The van der Waals surface area contributed by atoms with Gasteiger partial charge in [0.05, 0.1) is 5.69 Å². The molecule has 2 nitrogen and oxygen atoms in total. The molecule has 0 spiro atoms. The molecule has 3 atom stereocenters. The Morgan fingerprint density at radius 1 is 1.33 bits per heavy atom. The molecule has 1 heterocycles. The van der Waals surface area contributed by atoms with Crippen molar-refractivity contribution in [1.29, 1.82) is 0 Å². The minimum absolute atomic E-state index is 0.630. The lowest BCUT2D eigenvalue weighted by molar-refractivity contribution is 0.276. The summed E-state index contributed by atoms with van der Waals surface area (Å²) in [6.07, 6.45) is 7.71. The molecular weight excluding hydrogens is 184 g/mol. The van der Waals surface area contributed by atoms with E-state index in [9.17, 15) is 0 Å². The first kappa shape index (κ1) is 10.5. The molecule has 2 heteroatoms. The molecule has 1 aliphatic rings. The smallest absolute Gasteiger partial charge is 0.0528 e. The fourth-order valence-electron chi connectivity index (χ4n) is 2.54. The van der Waals surface area contributed by atoms with Crippen LogP contribution in [0.3, 0.4) is 0 Å². The molecule has 1 aromatic rings. The highest BCUT2D eigenvalue weighted by Crippen LogP contribution is 2.30. The van der Waals surface area contributed by atoms with Gasteiger partial charge in [0.1, 0.15) is 0 Å². The number of rotatable bonds is 2. The van der Waals surface area contributed by atoms with E-state index in [2.05, 4.69) is 30.2 Å². The summed E-state index contributed by atoms with van der Waals surface area (Å²) in [6.45, 7) is 4.71. The van der Waals surface area contributed by atoms with E-state index in [-0.39, 0.29) is 0 Å². The van der Waals surface area contributed by atoms with E-state index in [1.807, 2.05) is 18.5 Å². The second-order valence-electron chi connectivity index (χ2n) is 4.89. The maximum Gasteiger partial charge on any atom is 0.0528 e. The topological polar surface area (TPSA) is 24.9 Å². The van der Waals surface area contributed by atoms with E-state index < -0.39 is 0 Å². The van der Waals surface area contributed by atoms with Gasteiger partial charge in [0, 0.05) is 18.4 Å². The summed E-state index contributed by atoms with van der Waals surface area (Å²) in [4.78, 5) is 4.13. The first-order valence-corrected chi connectivity index (χ1v) is 5.92. The first-order valence-electron chi connectivity index (χ1n) is 5.92. The summed E-state index contributed by atoms with van der Waals surface area (Å²) in [5, 5.41) is 3.59. The van der Waals surface area contributed by atoms with Crippen LogP contribution in [0.5, 0.6) is 0 Å². The molecule has 15 heavy (non-hydrogen) atoms. The highest BCUT2D eigenvalue weighted by atomic mass is 14.9. The van der Waals surface area contributed by atoms with Crippen LogP contribution in [-0.4, -0.2) is 11.0 Å². The number of aromatic nitrogens is 1. The Morgan fingerprint density at radius 2 is 2.20 bits per heavy atom. The molecule has 2 rings (SSSR count). The van der Waals surface area contributed by atoms with Gasteiger partial charge in [0.2, 0.25) is 0 Å². The van der Waals surface area contributed by atoms with Crippen LogP contribution < -0.4 is 5.32 Å². The van der Waals surface area contributed by atoms with Crippen LogP contribution in [0, 0.1) is 11.8 Å². The van der Waals surface area contributed by atoms with Crippen LogP contribution in [0.1, 0.15) is 33.1 Å². The van der Waals surface area contributed by atoms with Gasteiger partial charge in [-0.3, -0.25) is 4.98 Å². The quantitative estimate of drug-likeness (QED) is 0.799. The Hall–Kier alpha value is -1.05. The van der Waals surface area contributed by atoms with E-state index in [4.69, 9.17) is 0 Å². The minimum Gasteiger partial charge on any atom is -0.381 e. The molecule has 0 radical (unpaired) electrons. The third-order valence-corrected chi connectivity index (χ3v) is 3.45. The molecule has 0 aliphatic heterocycles. The number of hydrogen-bond acceptors (Lipinski definition) is 2. The van der Waals surface area contributed by atoms with Gasteiger partial charge in [0.15, 0.2) is 0 Å². The van der Waals surface area contributed by atoms with Gasteiger partial charge < -0.3 is 5.32 Å². The predicted molar refractivity (Wildman–Crippen MR) is 63.8 cm³/mol. The predicted octanol–water partition coefficient (Wildman–Crippen LogP) is 3.32. The molecule has 0 saturated heterocycles. The van der Waals surface area contributed by atoms with Crippen LogP contribution in [0.4, 0.5) is 5.69 Å². The summed E-state index contributed by atoms with van der Waals surface area (Å²) in [5.41, 5.74) is 1.16. The number of nitrogens with one attached hydrogen (secondary N) is 1. The van der Waals surface area contributed by atoms with Gasteiger partial charge in [-0.05, 0) is 43.2 Å². The number of nitrogens with zero attached hydrogens (tertiary/aromatic N) is 1. The average molecular weight is 204 g/mol. The Balaban J connectivity index is 1.95. The van der Waals surface area contributed by atoms with Crippen LogP contribution in [0.2, 0.25) is 0 Å². The molecular formula is C13H20N2. The molecule has 0 aromatic carbocycles. The molecule has 82 valence electrons. The lowest BCUT2D eigenvalue weighted by Crippen LogP contribution is -2.32. The maximum absolute atomic E-state index is 4.13. The van der Waals surface area contributed by atoms with E-state index in [1.165, 1.54) is 19.3 Å². The van der Waals surface area contributed by atoms with Crippen molar-refractivity contribution in [2.75, 3.05) is 5.32 Å². The van der Waals surface area contributed by atoms with Crippen molar-refractivity contribution in [2.45, 2.75) is 39.2 Å². The lowest BCUT2D eigenvalue weighted by atomic mass is 9.80. The Morgan fingerprint density at radius 3 is 2.87 bits per heavy atom. The van der Waals surface area contributed by atoms with Crippen molar-refractivity contribution in [3.63, 3.8) is 0 Å². The van der Waals surface area contributed by atoms with Crippen molar-refractivity contribution < 1.29 is 0 Å². The Kier molecular flexibility index (Phi) is 3.24. The Bertz CT molecular complexity index is 297. The molecule has 1 aliphatic carbocycles. The maximum atomic E-state index is 4.13. The normalized spacial score (nSPS) is 31.2. The molecule has 1 fully saturated rings. The molecule has 3 unspecified atom stereocenters. The standard InChI is InChI=1S/C13H20N2/c1-10-5-6-13(11(2)8-10)15-12-4-3-7-14-9-12/h3-4,7,9-11,13,15H,5-6,8H2,1-2H3. The van der Waals surface area contributed by atoms with Crippen LogP contribution in [0.15, 0.2) is 24.5 Å². The van der Waals surface area contributed by atoms with Crippen molar-refractivity contribution >= 4 is 5.69 Å². The highest BCUT2D eigenvalue weighted by molar-refractivity contribution is 5.40. The minimum atomic E-state index is 0.630. The summed E-state index contributed by atoms with van der Waals surface area (Å²) in [6, 6.07) is 4.71. The van der Waals surface area contributed by atoms with Gasteiger partial charge >= 0.3 is 0 Å². The average Bonchev–Trinajstić information content (AvgIpc) is 2.24. The van der Waals surface area contributed by atoms with E-state index in [0.29, 0.717) is 6.04 Å². The van der Waals surface area contributed by atoms with E-state index >= 15 is 0 Å². The number of pyridine rings is 1. The SMILES string of the molecule is CC1CCC(Nc2cccnc2)C(C)C1. The zero-order chi connectivity index (χ0) is 10.7. The third kappa shape index (κ3) is 2.71. The monoisotopic (exact) mass is 204 g/mol. The second-order valence-corrected chi connectivity index (χ2v) is 4.89. The summed E-state index contributed by atoms with van der Waals surface area (Å²) in [5.74, 6) is 1.67.